The van der Waals surface area contributed by atoms with Crippen LogP contribution in [0.5, 0.6) is 0 Å². The van der Waals surface area contributed by atoms with Gasteiger partial charge in [0.1, 0.15) is 0 Å². The second kappa shape index (κ2) is 6.54. The highest BCUT2D eigenvalue weighted by atomic mass is 79.9. The van der Waals surface area contributed by atoms with Crippen molar-refractivity contribution in [3.8, 4) is 17.2 Å². The van der Waals surface area contributed by atoms with Crippen molar-refractivity contribution < 1.29 is 0 Å². The monoisotopic (exact) mass is 313 g/mol. The van der Waals surface area contributed by atoms with Crippen LogP contribution in [0.25, 0.3) is 11.1 Å². The largest absolute Gasteiger partial charge is 0.192 e. The first kappa shape index (κ1) is 13.8. The molecule has 0 aliphatic heterocycles. The Morgan fingerprint density at radius 3 is 2.47 bits per heavy atom. The first-order valence-electron chi connectivity index (χ1n) is 6.53. The number of halogens is 1. The SMILES string of the molecule is CCCCc1ccc(-c2ccc(Br)cc2)c(C#N)c1. The Kier molecular flexibility index (Phi) is 4.76. The molecule has 0 heterocycles. The van der Waals surface area contributed by atoms with Gasteiger partial charge in [0.15, 0.2) is 0 Å². The molecule has 1 nitrogen and oxygen atoms in total. The topological polar surface area (TPSA) is 23.8 Å². The van der Waals surface area contributed by atoms with Crippen molar-refractivity contribution in [3.63, 3.8) is 0 Å². The van der Waals surface area contributed by atoms with Gasteiger partial charge in [-0.2, -0.15) is 5.26 Å². The van der Waals surface area contributed by atoms with Crippen LogP contribution in [-0.4, -0.2) is 0 Å². The van der Waals surface area contributed by atoms with Crippen LogP contribution in [-0.2, 0) is 6.42 Å². The van der Waals surface area contributed by atoms with Crippen LogP contribution in [0.1, 0.15) is 30.9 Å². The summed E-state index contributed by atoms with van der Waals surface area (Å²) in [6.07, 6.45) is 3.39. The molecular weight excluding hydrogens is 298 g/mol. The molecule has 2 heteroatoms. The number of hydrogen-bond donors (Lipinski definition) is 0. The number of nitrogens with zero attached hydrogens (tertiary/aromatic N) is 1. The molecule has 0 unspecified atom stereocenters. The molecule has 2 aromatic carbocycles. The molecule has 0 saturated carbocycles. The lowest BCUT2D eigenvalue weighted by Crippen LogP contribution is -1.90. The standard InChI is InChI=1S/C17H16BrN/c1-2-3-4-13-5-10-17(15(11-13)12-19)14-6-8-16(18)9-7-14/h5-11H,2-4H2,1H3. The van der Waals surface area contributed by atoms with E-state index in [0.717, 1.165) is 27.6 Å². The van der Waals surface area contributed by atoms with Crippen LogP contribution in [0.2, 0.25) is 0 Å². The van der Waals surface area contributed by atoms with Gasteiger partial charge >= 0.3 is 0 Å². The maximum absolute atomic E-state index is 9.32. The molecule has 0 radical (unpaired) electrons. The molecule has 0 spiro atoms. The number of rotatable bonds is 4. The molecule has 0 saturated heterocycles. The van der Waals surface area contributed by atoms with E-state index in [-0.39, 0.29) is 0 Å². The van der Waals surface area contributed by atoms with Gasteiger partial charge in [-0.1, -0.05) is 53.5 Å². The summed E-state index contributed by atoms with van der Waals surface area (Å²) < 4.78 is 1.05. The molecule has 0 aliphatic carbocycles. The molecule has 0 bridgehead atoms. The van der Waals surface area contributed by atoms with E-state index in [1.165, 1.54) is 18.4 Å². The van der Waals surface area contributed by atoms with Crippen LogP contribution in [0, 0.1) is 11.3 Å². The zero-order chi connectivity index (χ0) is 13.7. The Hall–Kier alpha value is -1.59. The fraction of sp³-hybridized carbons (Fsp3) is 0.235. The maximum Gasteiger partial charge on any atom is 0.0998 e. The molecule has 0 amide bonds. The van der Waals surface area contributed by atoms with Crippen LogP contribution < -0.4 is 0 Å². The number of benzene rings is 2. The van der Waals surface area contributed by atoms with Gasteiger partial charge in [0.05, 0.1) is 11.6 Å². The molecule has 0 atom stereocenters. The summed E-state index contributed by atoms with van der Waals surface area (Å²) in [6, 6.07) is 16.6. The highest BCUT2D eigenvalue weighted by molar-refractivity contribution is 9.10. The third-order valence-corrected chi connectivity index (χ3v) is 3.71. The second-order valence-electron chi connectivity index (χ2n) is 4.60. The highest BCUT2D eigenvalue weighted by Crippen LogP contribution is 2.26. The molecule has 2 aromatic rings. The van der Waals surface area contributed by atoms with E-state index in [1.807, 2.05) is 30.3 Å². The average molecular weight is 314 g/mol. The van der Waals surface area contributed by atoms with E-state index < -0.39 is 0 Å². The van der Waals surface area contributed by atoms with E-state index in [0.29, 0.717) is 0 Å². The van der Waals surface area contributed by atoms with Gasteiger partial charge in [0.25, 0.3) is 0 Å². The van der Waals surface area contributed by atoms with Crippen molar-refractivity contribution >= 4 is 15.9 Å². The van der Waals surface area contributed by atoms with E-state index in [1.54, 1.807) is 0 Å². The molecule has 0 aliphatic rings. The maximum atomic E-state index is 9.32. The van der Waals surface area contributed by atoms with E-state index in [4.69, 9.17) is 0 Å². The van der Waals surface area contributed by atoms with Gasteiger partial charge in [-0.15, -0.1) is 0 Å². The van der Waals surface area contributed by atoms with Crippen molar-refractivity contribution in [3.05, 3.63) is 58.1 Å². The zero-order valence-electron chi connectivity index (χ0n) is 11.0. The van der Waals surface area contributed by atoms with Gasteiger partial charge in [-0.25, -0.2) is 0 Å². The molecule has 2 rings (SSSR count). The number of unbranched alkanes of at least 4 members (excludes halogenated alkanes) is 1. The summed E-state index contributed by atoms with van der Waals surface area (Å²) in [6.45, 7) is 2.18. The summed E-state index contributed by atoms with van der Waals surface area (Å²) in [5, 5.41) is 9.32. The molecular formula is C17H16BrN. The molecule has 96 valence electrons. The quantitative estimate of drug-likeness (QED) is 0.748. The summed E-state index contributed by atoms with van der Waals surface area (Å²) in [5.41, 5.74) is 4.10. The summed E-state index contributed by atoms with van der Waals surface area (Å²) >= 11 is 3.43. The van der Waals surface area contributed by atoms with Gasteiger partial charge in [0.2, 0.25) is 0 Å². The highest BCUT2D eigenvalue weighted by Gasteiger charge is 2.06. The summed E-state index contributed by atoms with van der Waals surface area (Å²) in [4.78, 5) is 0. The fourth-order valence-corrected chi connectivity index (χ4v) is 2.37. The van der Waals surface area contributed by atoms with Crippen LogP contribution >= 0.6 is 15.9 Å². The Morgan fingerprint density at radius 1 is 1.11 bits per heavy atom. The normalized spacial score (nSPS) is 10.2. The number of hydrogen-bond acceptors (Lipinski definition) is 1. The fourth-order valence-electron chi connectivity index (χ4n) is 2.10. The van der Waals surface area contributed by atoms with Crippen molar-refractivity contribution in [1.82, 2.24) is 0 Å². The lowest BCUT2D eigenvalue weighted by atomic mass is 9.96. The summed E-state index contributed by atoms with van der Waals surface area (Å²) in [7, 11) is 0. The Balaban J connectivity index is 2.36. The predicted octanol–water partition coefficient (Wildman–Crippen LogP) is 5.33. The van der Waals surface area contributed by atoms with Crippen molar-refractivity contribution in [2.75, 3.05) is 0 Å². The van der Waals surface area contributed by atoms with E-state index in [9.17, 15) is 5.26 Å². The van der Waals surface area contributed by atoms with Gasteiger partial charge < -0.3 is 0 Å². The minimum atomic E-state index is 0.760. The smallest absolute Gasteiger partial charge is 0.0998 e. The number of aryl methyl sites for hydroxylation is 1. The Morgan fingerprint density at radius 2 is 1.84 bits per heavy atom. The lowest BCUT2D eigenvalue weighted by Gasteiger charge is -2.07. The van der Waals surface area contributed by atoms with Crippen molar-refractivity contribution in [2.45, 2.75) is 26.2 Å². The van der Waals surface area contributed by atoms with Crippen LogP contribution in [0.15, 0.2) is 46.9 Å². The van der Waals surface area contributed by atoms with E-state index in [2.05, 4.69) is 41.1 Å². The predicted molar refractivity (Wildman–Crippen MR) is 82.9 cm³/mol. The molecule has 0 N–H and O–H groups in total. The Labute approximate surface area is 123 Å². The zero-order valence-corrected chi connectivity index (χ0v) is 12.6. The minimum Gasteiger partial charge on any atom is -0.192 e. The first-order chi connectivity index (χ1) is 9.24. The lowest BCUT2D eigenvalue weighted by molar-refractivity contribution is 0.795. The Bertz CT molecular complexity index is 594. The molecule has 0 aromatic heterocycles. The third kappa shape index (κ3) is 3.45. The van der Waals surface area contributed by atoms with Crippen LogP contribution in [0.4, 0.5) is 0 Å². The van der Waals surface area contributed by atoms with Crippen molar-refractivity contribution in [1.29, 1.82) is 5.26 Å². The average Bonchev–Trinajstić information content (AvgIpc) is 2.46. The third-order valence-electron chi connectivity index (χ3n) is 3.18. The minimum absolute atomic E-state index is 0.760. The van der Waals surface area contributed by atoms with Crippen molar-refractivity contribution in [2.24, 2.45) is 0 Å². The molecule has 0 fully saturated rings. The summed E-state index contributed by atoms with van der Waals surface area (Å²) in [5.74, 6) is 0. The second-order valence-corrected chi connectivity index (χ2v) is 5.52. The first-order valence-corrected chi connectivity index (χ1v) is 7.33. The van der Waals surface area contributed by atoms with Gasteiger partial charge in [-0.3, -0.25) is 0 Å². The van der Waals surface area contributed by atoms with Gasteiger partial charge in [-0.05, 0) is 47.7 Å². The van der Waals surface area contributed by atoms with Crippen LogP contribution in [0.3, 0.4) is 0 Å². The number of nitriles is 1. The van der Waals surface area contributed by atoms with Gasteiger partial charge in [0, 0.05) is 4.47 Å². The van der Waals surface area contributed by atoms with E-state index >= 15 is 0 Å². The molecule has 19 heavy (non-hydrogen) atoms.